The van der Waals surface area contributed by atoms with Gasteiger partial charge in [-0.1, -0.05) is 31.5 Å². The maximum atomic E-state index is 12.8. The highest BCUT2D eigenvalue weighted by Crippen LogP contribution is 2.21. The van der Waals surface area contributed by atoms with Crippen LogP contribution in [0.1, 0.15) is 40.5 Å². The van der Waals surface area contributed by atoms with E-state index >= 15 is 0 Å². The van der Waals surface area contributed by atoms with Crippen LogP contribution in [-0.4, -0.2) is 27.7 Å². The molecule has 0 fully saturated rings. The number of anilines is 1. The van der Waals surface area contributed by atoms with E-state index in [9.17, 15) is 9.59 Å². The fraction of sp³-hybridized carbons (Fsp3) is 0.250. The highest BCUT2D eigenvalue weighted by atomic mass is 35.5. The van der Waals surface area contributed by atoms with Crippen LogP contribution in [-0.2, 0) is 0 Å². The van der Waals surface area contributed by atoms with Crippen LogP contribution in [0.4, 0.5) is 5.69 Å². The zero-order chi connectivity index (χ0) is 19.6. The minimum absolute atomic E-state index is 0.184. The van der Waals surface area contributed by atoms with E-state index in [0.717, 1.165) is 5.56 Å². The number of nitrogens with one attached hydrogen (secondary N) is 2. The third-order valence-corrected chi connectivity index (χ3v) is 4.31. The average Bonchev–Trinajstić information content (AvgIpc) is 3.02. The molecular formula is C20H21ClN4O2. The topological polar surface area (TPSA) is 75.5 Å². The third kappa shape index (κ3) is 4.11. The van der Waals surface area contributed by atoms with Gasteiger partial charge in [-0.25, -0.2) is 4.98 Å². The molecular weight excluding hydrogens is 364 g/mol. The zero-order valence-corrected chi connectivity index (χ0v) is 16.2. The predicted octanol–water partition coefficient (Wildman–Crippen LogP) is 3.93. The van der Waals surface area contributed by atoms with Gasteiger partial charge in [0.25, 0.3) is 11.8 Å². The van der Waals surface area contributed by atoms with Crippen LogP contribution in [0.3, 0.4) is 0 Å². The Morgan fingerprint density at radius 1 is 1.19 bits per heavy atom. The van der Waals surface area contributed by atoms with Crippen molar-refractivity contribution in [2.45, 2.75) is 20.8 Å². The van der Waals surface area contributed by atoms with Crippen LogP contribution in [0, 0.1) is 12.8 Å². The minimum Gasteiger partial charge on any atom is -0.349 e. The zero-order valence-electron chi connectivity index (χ0n) is 15.4. The fourth-order valence-electron chi connectivity index (χ4n) is 2.69. The van der Waals surface area contributed by atoms with Gasteiger partial charge in [-0.15, -0.1) is 0 Å². The van der Waals surface area contributed by atoms with Gasteiger partial charge in [0, 0.05) is 23.5 Å². The van der Waals surface area contributed by atoms with Crippen molar-refractivity contribution >= 4 is 34.6 Å². The van der Waals surface area contributed by atoms with E-state index in [1.807, 2.05) is 20.8 Å². The van der Waals surface area contributed by atoms with Crippen molar-refractivity contribution in [2.75, 3.05) is 11.9 Å². The molecule has 0 saturated carbocycles. The Morgan fingerprint density at radius 3 is 2.67 bits per heavy atom. The number of carbonyl (C=O) groups excluding carboxylic acids is 2. The van der Waals surface area contributed by atoms with E-state index in [4.69, 9.17) is 11.6 Å². The second-order valence-corrected chi connectivity index (χ2v) is 7.19. The van der Waals surface area contributed by atoms with Crippen LogP contribution < -0.4 is 10.6 Å². The molecule has 1 aromatic carbocycles. The van der Waals surface area contributed by atoms with Crippen LogP contribution in [0.5, 0.6) is 0 Å². The van der Waals surface area contributed by atoms with Gasteiger partial charge in [0.15, 0.2) is 5.69 Å². The smallest absolute Gasteiger partial charge is 0.287 e. The molecule has 2 aromatic heterocycles. The number of aryl methyl sites for hydroxylation is 1. The van der Waals surface area contributed by atoms with Crippen LogP contribution >= 0.6 is 11.6 Å². The normalized spacial score (nSPS) is 11.0. The molecule has 3 aromatic rings. The number of halogens is 1. The number of amides is 2. The number of pyridine rings is 1. The summed E-state index contributed by atoms with van der Waals surface area (Å²) in [5.74, 6) is -0.196. The molecule has 2 amide bonds. The molecule has 0 aliphatic carbocycles. The lowest BCUT2D eigenvalue weighted by atomic mass is 10.2. The Kier molecular flexibility index (Phi) is 5.46. The van der Waals surface area contributed by atoms with Crippen LogP contribution in [0.2, 0.25) is 5.02 Å². The molecule has 3 rings (SSSR count). The van der Waals surface area contributed by atoms with Crippen molar-refractivity contribution in [1.82, 2.24) is 14.7 Å². The summed E-state index contributed by atoms with van der Waals surface area (Å²) in [6.45, 7) is 6.41. The summed E-state index contributed by atoms with van der Waals surface area (Å²) < 4.78 is 1.62. The maximum Gasteiger partial charge on any atom is 0.287 e. The van der Waals surface area contributed by atoms with Crippen molar-refractivity contribution < 1.29 is 9.59 Å². The number of imidazole rings is 1. The number of aromatic nitrogens is 2. The van der Waals surface area contributed by atoms with Crippen LogP contribution in [0.25, 0.3) is 5.52 Å². The average molecular weight is 385 g/mol. The van der Waals surface area contributed by atoms with Gasteiger partial charge in [0.1, 0.15) is 0 Å². The van der Waals surface area contributed by atoms with Crippen molar-refractivity contribution in [2.24, 2.45) is 5.92 Å². The molecule has 0 spiro atoms. The fourth-order valence-corrected chi connectivity index (χ4v) is 2.92. The first-order valence-electron chi connectivity index (χ1n) is 8.69. The van der Waals surface area contributed by atoms with Crippen molar-refractivity contribution in [3.8, 4) is 0 Å². The van der Waals surface area contributed by atoms with Crippen molar-refractivity contribution in [1.29, 1.82) is 0 Å². The van der Waals surface area contributed by atoms with E-state index in [1.165, 1.54) is 0 Å². The van der Waals surface area contributed by atoms with Crippen LogP contribution in [0.15, 0.2) is 42.6 Å². The third-order valence-electron chi connectivity index (χ3n) is 4.07. The van der Waals surface area contributed by atoms with Gasteiger partial charge in [-0.2, -0.15) is 0 Å². The minimum atomic E-state index is -0.382. The standard InChI is InChI=1S/C20H21ClN4O2/c1-12(2)11-22-20(27)18-24-17(16-6-4-5-9-25(16)18)19(26)23-15-8-7-14(21)10-13(15)3/h4-10,12H,11H2,1-3H3,(H,22,27)(H,23,26). The van der Waals surface area contributed by atoms with Gasteiger partial charge < -0.3 is 10.6 Å². The highest BCUT2D eigenvalue weighted by molar-refractivity contribution is 6.30. The summed E-state index contributed by atoms with van der Waals surface area (Å²) in [4.78, 5) is 29.6. The second kappa shape index (κ2) is 7.80. The lowest BCUT2D eigenvalue weighted by Crippen LogP contribution is -2.29. The molecule has 27 heavy (non-hydrogen) atoms. The molecule has 0 atom stereocenters. The number of hydrogen-bond donors (Lipinski definition) is 2. The number of nitrogens with zero attached hydrogens (tertiary/aromatic N) is 2. The molecule has 140 valence electrons. The largest absolute Gasteiger partial charge is 0.349 e. The Morgan fingerprint density at radius 2 is 1.96 bits per heavy atom. The second-order valence-electron chi connectivity index (χ2n) is 6.76. The number of fused-ring (bicyclic) bond motifs is 1. The Hall–Kier alpha value is -2.86. The number of hydrogen-bond acceptors (Lipinski definition) is 3. The van der Waals surface area contributed by atoms with Gasteiger partial charge >= 0.3 is 0 Å². The summed E-state index contributed by atoms with van der Waals surface area (Å²) in [5.41, 5.74) is 2.25. The molecule has 0 aliphatic heterocycles. The van der Waals surface area contributed by atoms with Gasteiger partial charge in [-0.05, 0) is 48.7 Å². The maximum absolute atomic E-state index is 12.8. The first kappa shape index (κ1) is 18.9. The van der Waals surface area contributed by atoms with E-state index in [2.05, 4.69) is 15.6 Å². The summed E-state index contributed by atoms with van der Waals surface area (Å²) in [6.07, 6.45) is 1.72. The highest BCUT2D eigenvalue weighted by Gasteiger charge is 2.21. The van der Waals surface area contributed by atoms with Crippen molar-refractivity contribution in [3.63, 3.8) is 0 Å². The molecule has 0 unspecified atom stereocenters. The predicted molar refractivity (Wildman–Crippen MR) is 107 cm³/mol. The molecule has 0 radical (unpaired) electrons. The first-order chi connectivity index (χ1) is 12.9. The Labute approximate surface area is 162 Å². The molecule has 2 heterocycles. The van der Waals surface area contributed by atoms with E-state index < -0.39 is 0 Å². The monoisotopic (exact) mass is 384 g/mol. The molecule has 0 bridgehead atoms. The van der Waals surface area contributed by atoms with Crippen molar-refractivity contribution in [3.05, 3.63) is 64.7 Å². The van der Waals surface area contributed by atoms with E-state index in [1.54, 1.807) is 47.0 Å². The molecule has 0 aliphatic rings. The van der Waals surface area contributed by atoms with Gasteiger partial charge in [0.2, 0.25) is 5.82 Å². The number of benzene rings is 1. The Bertz CT molecular complexity index is 1010. The Balaban J connectivity index is 1.94. The first-order valence-corrected chi connectivity index (χ1v) is 9.07. The summed E-state index contributed by atoms with van der Waals surface area (Å²) >= 11 is 5.97. The molecule has 2 N–H and O–H groups in total. The lowest BCUT2D eigenvalue weighted by Gasteiger charge is -2.07. The van der Waals surface area contributed by atoms with E-state index in [-0.39, 0.29) is 23.3 Å². The number of carbonyl (C=O) groups is 2. The quantitative estimate of drug-likeness (QED) is 0.699. The molecule has 7 heteroatoms. The molecule has 0 saturated heterocycles. The number of rotatable bonds is 5. The van der Waals surface area contributed by atoms with Gasteiger partial charge in [0.05, 0.1) is 5.52 Å². The SMILES string of the molecule is Cc1cc(Cl)ccc1NC(=O)c1nc(C(=O)NCC(C)C)n2ccccc12. The summed E-state index contributed by atoms with van der Waals surface area (Å²) in [5, 5.41) is 6.28. The summed E-state index contributed by atoms with van der Waals surface area (Å²) in [6, 6.07) is 10.6. The van der Waals surface area contributed by atoms with Gasteiger partial charge in [-0.3, -0.25) is 14.0 Å². The lowest BCUT2D eigenvalue weighted by molar-refractivity contribution is 0.0938. The molecule has 6 nitrogen and oxygen atoms in total. The van der Waals surface area contributed by atoms with E-state index in [0.29, 0.717) is 28.7 Å². The summed E-state index contributed by atoms with van der Waals surface area (Å²) in [7, 11) is 0.